The molecule has 0 amide bonds. The van der Waals surface area contributed by atoms with Crippen LogP contribution in [0.2, 0.25) is 5.02 Å². The number of H-pyrrole nitrogens is 1. The van der Waals surface area contributed by atoms with Crippen LogP contribution in [0.5, 0.6) is 0 Å². The van der Waals surface area contributed by atoms with E-state index in [1.807, 2.05) is 5.10 Å². The average Bonchev–Trinajstić information content (AvgIpc) is 2.80. The van der Waals surface area contributed by atoms with Crippen LogP contribution < -0.4 is 0 Å². The van der Waals surface area contributed by atoms with Gasteiger partial charge in [-0.1, -0.05) is 17.7 Å². The lowest BCUT2D eigenvalue weighted by Crippen LogP contribution is -1.91. The van der Waals surface area contributed by atoms with Crippen molar-refractivity contribution in [3.63, 3.8) is 0 Å². The minimum atomic E-state index is -2.79. The lowest BCUT2D eigenvalue weighted by Gasteiger charge is -2.01. The molecule has 0 spiro atoms. The van der Waals surface area contributed by atoms with Crippen molar-refractivity contribution in [1.82, 2.24) is 15.2 Å². The molecule has 0 aliphatic carbocycles. The van der Waals surface area contributed by atoms with E-state index in [2.05, 4.69) is 10.1 Å². The van der Waals surface area contributed by atoms with Gasteiger partial charge in [-0.05, 0) is 17.8 Å². The molecule has 0 saturated carbocycles. The van der Waals surface area contributed by atoms with Gasteiger partial charge in [0.2, 0.25) is 5.16 Å². The summed E-state index contributed by atoms with van der Waals surface area (Å²) >= 11 is 6.60. The molecule has 0 aliphatic heterocycles. The Balaban J connectivity index is 2.34. The second-order valence-electron chi connectivity index (χ2n) is 3.25. The van der Waals surface area contributed by atoms with E-state index in [9.17, 15) is 18.9 Å². The highest BCUT2D eigenvalue weighted by Crippen LogP contribution is 2.38. The zero-order valence-corrected chi connectivity index (χ0v) is 10.6. The summed E-state index contributed by atoms with van der Waals surface area (Å²) in [5.74, 6) is -0.600. The first-order valence-corrected chi connectivity index (χ1v) is 5.99. The van der Waals surface area contributed by atoms with E-state index in [0.29, 0.717) is 0 Å². The SMILES string of the molecule is O=[N+]([O-])c1cccc(Cl)c1Sc1n[nH]c(C(F)F)n1. The molecule has 0 saturated heterocycles. The van der Waals surface area contributed by atoms with E-state index in [-0.39, 0.29) is 20.8 Å². The van der Waals surface area contributed by atoms with Gasteiger partial charge < -0.3 is 0 Å². The Morgan fingerprint density at radius 3 is 2.79 bits per heavy atom. The number of rotatable bonds is 4. The molecule has 6 nitrogen and oxygen atoms in total. The Labute approximate surface area is 114 Å². The summed E-state index contributed by atoms with van der Waals surface area (Å²) in [6.07, 6.45) is -2.79. The molecule has 0 radical (unpaired) electrons. The zero-order valence-electron chi connectivity index (χ0n) is 9.01. The third-order valence-electron chi connectivity index (χ3n) is 2.03. The van der Waals surface area contributed by atoms with Crippen molar-refractivity contribution in [2.75, 3.05) is 0 Å². The molecule has 2 rings (SSSR count). The summed E-state index contributed by atoms with van der Waals surface area (Å²) in [5, 5.41) is 16.5. The Morgan fingerprint density at radius 2 is 2.21 bits per heavy atom. The lowest BCUT2D eigenvalue weighted by molar-refractivity contribution is -0.387. The number of hydrogen-bond acceptors (Lipinski definition) is 5. The first kappa shape index (κ1) is 13.7. The zero-order chi connectivity index (χ0) is 14.0. The number of aromatic amines is 1. The summed E-state index contributed by atoms with van der Waals surface area (Å²) in [7, 11) is 0. The smallest absolute Gasteiger partial charge is 0.258 e. The van der Waals surface area contributed by atoms with Gasteiger partial charge in [-0.25, -0.2) is 8.78 Å². The normalized spacial score (nSPS) is 10.9. The number of hydrogen-bond donors (Lipinski definition) is 1. The van der Waals surface area contributed by atoms with Crippen molar-refractivity contribution in [3.05, 3.63) is 39.2 Å². The number of nitro benzene ring substituents is 1. The van der Waals surface area contributed by atoms with Crippen LogP contribution in [-0.2, 0) is 0 Å². The molecule has 0 unspecified atom stereocenters. The van der Waals surface area contributed by atoms with Gasteiger partial charge in [0.05, 0.1) is 9.95 Å². The van der Waals surface area contributed by atoms with Gasteiger partial charge in [0.1, 0.15) is 4.90 Å². The molecular weight excluding hydrogens is 302 g/mol. The average molecular weight is 307 g/mol. The van der Waals surface area contributed by atoms with Crippen molar-refractivity contribution in [2.45, 2.75) is 16.5 Å². The molecule has 0 aliphatic rings. The molecule has 10 heteroatoms. The summed E-state index contributed by atoms with van der Waals surface area (Å²) in [6.45, 7) is 0. The first-order valence-electron chi connectivity index (χ1n) is 4.80. The number of alkyl halides is 2. The fourth-order valence-electron chi connectivity index (χ4n) is 1.23. The van der Waals surface area contributed by atoms with E-state index in [4.69, 9.17) is 11.6 Å². The van der Waals surface area contributed by atoms with E-state index < -0.39 is 17.2 Å². The number of benzene rings is 1. The van der Waals surface area contributed by atoms with Crippen LogP contribution in [-0.4, -0.2) is 20.1 Å². The molecule has 1 aromatic heterocycles. The minimum absolute atomic E-state index is 0.0634. The number of halogens is 3. The summed E-state index contributed by atoms with van der Waals surface area (Å²) < 4.78 is 24.7. The molecular formula is C9H5ClF2N4O2S. The van der Waals surface area contributed by atoms with Crippen LogP contribution in [0.3, 0.4) is 0 Å². The Bertz CT molecular complexity index is 622. The molecule has 1 heterocycles. The summed E-state index contributed by atoms with van der Waals surface area (Å²) in [4.78, 5) is 13.8. The first-order chi connectivity index (χ1) is 8.99. The largest absolute Gasteiger partial charge is 0.296 e. The monoisotopic (exact) mass is 306 g/mol. The molecule has 19 heavy (non-hydrogen) atoms. The van der Waals surface area contributed by atoms with Crippen LogP contribution >= 0.6 is 23.4 Å². The van der Waals surface area contributed by atoms with Gasteiger partial charge in [-0.15, -0.1) is 5.10 Å². The Morgan fingerprint density at radius 1 is 1.47 bits per heavy atom. The van der Waals surface area contributed by atoms with Gasteiger partial charge in [0, 0.05) is 6.07 Å². The molecule has 1 aromatic carbocycles. The van der Waals surface area contributed by atoms with Crippen molar-refractivity contribution in [1.29, 1.82) is 0 Å². The second kappa shape index (κ2) is 5.49. The van der Waals surface area contributed by atoms with Crippen molar-refractivity contribution in [3.8, 4) is 0 Å². The molecule has 100 valence electrons. The van der Waals surface area contributed by atoms with Crippen LogP contribution in [0.1, 0.15) is 12.2 Å². The number of nitro groups is 1. The van der Waals surface area contributed by atoms with E-state index >= 15 is 0 Å². The third kappa shape index (κ3) is 2.99. The topological polar surface area (TPSA) is 84.7 Å². The molecule has 1 N–H and O–H groups in total. The maximum atomic E-state index is 12.3. The van der Waals surface area contributed by atoms with Crippen molar-refractivity contribution in [2.24, 2.45) is 0 Å². The molecule has 0 fully saturated rings. The van der Waals surface area contributed by atoms with Gasteiger partial charge in [0.25, 0.3) is 12.1 Å². The van der Waals surface area contributed by atoms with Crippen LogP contribution in [0.4, 0.5) is 14.5 Å². The van der Waals surface area contributed by atoms with Gasteiger partial charge in [-0.2, -0.15) is 4.98 Å². The predicted molar refractivity (Wildman–Crippen MR) is 63.6 cm³/mol. The highest BCUT2D eigenvalue weighted by molar-refractivity contribution is 7.99. The van der Waals surface area contributed by atoms with Crippen molar-refractivity contribution >= 4 is 29.1 Å². The minimum Gasteiger partial charge on any atom is -0.258 e. The third-order valence-corrected chi connectivity index (χ3v) is 3.45. The fourth-order valence-corrected chi connectivity index (χ4v) is 2.35. The molecule has 0 bridgehead atoms. The molecule has 0 atom stereocenters. The van der Waals surface area contributed by atoms with Crippen molar-refractivity contribution < 1.29 is 13.7 Å². The van der Waals surface area contributed by atoms with Gasteiger partial charge in [0.15, 0.2) is 5.82 Å². The van der Waals surface area contributed by atoms with E-state index in [0.717, 1.165) is 11.8 Å². The number of aromatic nitrogens is 3. The standard InChI is InChI=1S/C9H5ClF2N4O2S/c10-4-2-1-3-5(16(17)18)6(4)19-9-13-8(7(11)12)14-15-9/h1-3,7H,(H,13,14,15). The van der Waals surface area contributed by atoms with Crippen LogP contribution in [0, 0.1) is 10.1 Å². The highest BCUT2D eigenvalue weighted by Gasteiger charge is 2.21. The van der Waals surface area contributed by atoms with Gasteiger partial charge >= 0.3 is 0 Å². The summed E-state index contributed by atoms with van der Waals surface area (Å²) in [6, 6.07) is 4.14. The predicted octanol–water partition coefficient (Wildman–Crippen LogP) is 3.46. The maximum Gasteiger partial charge on any atom is 0.296 e. The van der Waals surface area contributed by atoms with Gasteiger partial charge in [-0.3, -0.25) is 15.2 Å². The summed E-state index contributed by atoms with van der Waals surface area (Å²) in [5.41, 5.74) is -0.235. The van der Waals surface area contributed by atoms with Crippen LogP contribution in [0.15, 0.2) is 28.3 Å². The highest BCUT2D eigenvalue weighted by atomic mass is 35.5. The van der Waals surface area contributed by atoms with Crippen LogP contribution in [0.25, 0.3) is 0 Å². The Hall–Kier alpha value is -1.74. The maximum absolute atomic E-state index is 12.3. The number of nitrogens with zero attached hydrogens (tertiary/aromatic N) is 3. The Kier molecular flexibility index (Phi) is 3.96. The number of nitrogens with one attached hydrogen (secondary N) is 1. The second-order valence-corrected chi connectivity index (χ2v) is 4.64. The lowest BCUT2D eigenvalue weighted by atomic mass is 10.3. The fraction of sp³-hybridized carbons (Fsp3) is 0.111. The van der Waals surface area contributed by atoms with E-state index in [1.165, 1.54) is 18.2 Å². The van der Waals surface area contributed by atoms with E-state index in [1.54, 1.807) is 0 Å². The molecule has 2 aromatic rings. The quantitative estimate of drug-likeness (QED) is 0.690.